The van der Waals surface area contributed by atoms with Crippen LogP contribution in [-0.2, 0) is 6.54 Å². The predicted molar refractivity (Wildman–Crippen MR) is 119 cm³/mol. The number of nitrogens with zero attached hydrogens (tertiary/aromatic N) is 2. The SMILES string of the molecule is Cc1cccc(CNC(=O)c2ccc(Nc3ncc(-c4cccc(F)c4)cn3)cc2)c1. The largest absolute Gasteiger partial charge is 0.348 e. The fourth-order valence-electron chi connectivity index (χ4n) is 3.15. The molecule has 4 rings (SSSR count). The first-order valence-electron chi connectivity index (χ1n) is 9.86. The molecule has 0 fully saturated rings. The van der Waals surface area contributed by atoms with E-state index in [0.717, 1.165) is 22.4 Å². The number of aromatic nitrogens is 2. The number of carbonyl (C=O) groups is 1. The van der Waals surface area contributed by atoms with E-state index in [1.807, 2.05) is 31.2 Å². The highest BCUT2D eigenvalue weighted by atomic mass is 19.1. The molecule has 0 aliphatic heterocycles. The number of hydrogen-bond acceptors (Lipinski definition) is 4. The van der Waals surface area contributed by atoms with E-state index in [-0.39, 0.29) is 11.7 Å². The standard InChI is InChI=1S/C25H21FN4O/c1-17-4-2-5-18(12-17)14-27-24(31)19-8-10-23(11-9-19)30-25-28-15-21(16-29-25)20-6-3-7-22(26)13-20/h2-13,15-16H,14H2,1H3,(H,27,31)(H,28,29,30). The zero-order valence-electron chi connectivity index (χ0n) is 17.0. The van der Waals surface area contributed by atoms with Gasteiger partial charge in [0.1, 0.15) is 5.82 Å². The molecule has 1 amide bonds. The summed E-state index contributed by atoms with van der Waals surface area (Å²) >= 11 is 0. The van der Waals surface area contributed by atoms with Crippen LogP contribution < -0.4 is 10.6 Å². The molecule has 0 radical (unpaired) electrons. The quantitative estimate of drug-likeness (QED) is 0.453. The van der Waals surface area contributed by atoms with Crippen LogP contribution in [0.1, 0.15) is 21.5 Å². The van der Waals surface area contributed by atoms with Crippen LogP contribution in [-0.4, -0.2) is 15.9 Å². The number of carbonyl (C=O) groups excluding carboxylic acids is 1. The molecule has 31 heavy (non-hydrogen) atoms. The van der Waals surface area contributed by atoms with Crippen LogP contribution in [0.5, 0.6) is 0 Å². The van der Waals surface area contributed by atoms with E-state index in [2.05, 4.69) is 20.6 Å². The average Bonchev–Trinajstić information content (AvgIpc) is 2.78. The molecule has 0 spiro atoms. The van der Waals surface area contributed by atoms with Crippen molar-refractivity contribution in [3.63, 3.8) is 0 Å². The van der Waals surface area contributed by atoms with Gasteiger partial charge in [-0.15, -0.1) is 0 Å². The first kappa shape index (κ1) is 20.2. The Bertz CT molecular complexity index is 1190. The van der Waals surface area contributed by atoms with E-state index in [4.69, 9.17) is 0 Å². The molecule has 1 heterocycles. The smallest absolute Gasteiger partial charge is 0.251 e. The number of anilines is 2. The van der Waals surface area contributed by atoms with Gasteiger partial charge in [0.05, 0.1) is 0 Å². The number of aryl methyl sites for hydroxylation is 1. The minimum absolute atomic E-state index is 0.135. The maximum Gasteiger partial charge on any atom is 0.251 e. The number of nitrogens with one attached hydrogen (secondary N) is 2. The second-order valence-corrected chi connectivity index (χ2v) is 7.18. The second kappa shape index (κ2) is 9.17. The summed E-state index contributed by atoms with van der Waals surface area (Å²) in [6.07, 6.45) is 3.27. The Morgan fingerprint density at radius 1 is 0.903 bits per heavy atom. The van der Waals surface area contributed by atoms with Crippen molar-refractivity contribution >= 4 is 17.5 Å². The number of halogens is 1. The number of rotatable bonds is 6. The van der Waals surface area contributed by atoms with Crippen molar-refractivity contribution in [2.24, 2.45) is 0 Å². The molecule has 0 saturated heterocycles. The molecule has 0 saturated carbocycles. The zero-order valence-corrected chi connectivity index (χ0v) is 17.0. The lowest BCUT2D eigenvalue weighted by molar-refractivity contribution is 0.0951. The van der Waals surface area contributed by atoms with E-state index in [1.165, 1.54) is 12.1 Å². The van der Waals surface area contributed by atoms with Crippen LogP contribution in [0.4, 0.5) is 16.0 Å². The van der Waals surface area contributed by atoms with Gasteiger partial charge in [-0.3, -0.25) is 4.79 Å². The highest BCUT2D eigenvalue weighted by Crippen LogP contribution is 2.20. The average molecular weight is 412 g/mol. The molecular formula is C25H21FN4O. The van der Waals surface area contributed by atoms with Crippen molar-refractivity contribution < 1.29 is 9.18 Å². The van der Waals surface area contributed by atoms with E-state index in [0.29, 0.717) is 23.6 Å². The first-order valence-corrected chi connectivity index (χ1v) is 9.86. The molecule has 0 atom stereocenters. The third kappa shape index (κ3) is 5.30. The summed E-state index contributed by atoms with van der Waals surface area (Å²) in [4.78, 5) is 21.0. The van der Waals surface area contributed by atoms with Crippen LogP contribution in [0.25, 0.3) is 11.1 Å². The van der Waals surface area contributed by atoms with Crippen LogP contribution in [0.3, 0.4) is 0 Å². The molecule has 154 valence electrons. The van der Waals surface area contributed by atoms with E-state index < -0.39 is 0 Å². The molecule has 0 bridgehead atoms. The summed E-state index contributed by atoms with van der Waals surface area (Å²) in [5.74, 6) is -0.0248. The van der Waals surface area contributed by atoms with Crippen LogP contribution in [0.2, 0.25) is 0 Å². The van der Waals surface area contributed by atoms with Crippen LogP contribution >= 0.6 is 0 Å². The predicted octanol–water partition coefficient (Wildman–Crippen LogP) is 5.26. The summed E-state index contributed by atoms with van der Waals surface area (Å²) in [5, 5.41) is 6.02. The van der Waals surface area contributed by atoms with Crippen molar-refractivity contribution in [2.75, 3.05) is 5.32 Å². The van der Waals surface area contributed by atoms with Crippen molar-refractivity contribution in [3.8, 4) is 11.1 Å². The number of benzene rings is 3. The van der Waals surface area contributed by atoms with Crippen molar-refractivity contribution in [1.82, 2.24) is 15.3 Å². The second-order valence-electron chi connectivity index (χ2n) is 7.18. The zero-order chi connectivity index (χ0) is 21.6. The van der Waals surface area contributed by atoms with E-state index in [9.17, 15) is 9.18 Å². The lowest BCUT2D eigenvalue weighted by Crippen LogP contribution is -2.22. The summed E-state index contributed by atoms with van der Waals surface area (Å²) in [7, 11) is 0. The molecule has 6 heteroatoms. The highest BCUT2D eigenvalue weighted by Gasteiger charge is 2.07. The maximum absolute atomic E-state index is 13.4. The molecule has 1 aromatic heterocycles. The number of hydrogen-bond donors (Lipinski definition) is 2. The Hall–Kier alpha value is -4.06. The third-order valence-corrected chi connectivity index (χ3v) is 4.75. The molecule has 2 N–H and O–H groups in total. The molecule has 4 aromatic rings. The normalized spacial score (nSPS) is 10.5. The molecule has 0 aliphatic carbocycles. The Balaban J connectivity index is 1.36. The van der Waals surface area contributed by atoms with Gasteiger partial charge in [-0.05, 0) is 54.4 Å². The molecule has 5 nitrogen and oxygen atoms in total. The van der Waals surface area contributed by atoms with Crippen molar-refractivity contribution in [1.29, 1.82) is 0 Å². The molecule has 0 aliphatic rings. The van der Waals surface area contributed by atoms with Gasteiger partial charge in [-0.25, -0.2) is 14.4 Å². The molecule has 0 unspecified atom stereocenters. The summed E-state index contributed by atoms with van der Waals surface area (Å²) in [5.41, 5.74) is 4.99. The van der Waals surface area contributed by atoms with E-state index in [1.54, 1.807) is 48.8 Å². The molecule has 3 aromatic carbocycles. The Morgan fingerprint density at radius 2 is 1.65 bits per heavy atom. The van der Waals surface area contributed by atoms with Crippen molar-refractivity contribution in [3.05, 3.63) is 108 Å². The number of amides is 1. The lowest BCUT2D eigenvalue weighted by Gasteiger charge is -2.08. The third-order valence-electron chi connectivity index (χ3n) is 4.75. The van der Waals surface area contributed by atoms with Crippen molar-refractivity contribution in [2.45, 2.75) is 13.5 Å². The highest BCUT2D eigenvalue weighted by molar-refractivity contribution is 5.94. The van der Waals surface area contributed by atoms with Gasteiger partial charge >= 0.3 is 0 Å². The van der Waals surface area contributed by atoms with Crippen LogP contribution in [0.15, 0.2) is 85.2 Å². The summed E-state index contributed by atoms with van der Waals surface area (Å²) in [6, 6.07) is 21.4. The monoisotopic (exact) mass is 412 g/mol. The maximum atomic E-state index is 13.4. The first-order chi connectivity index (χ1) is 15.1. The van der Waals surface area contributed by atoms with Gasteiger partial charge in [0.2, 0.25) is 5.95 Å². The van der Waals surface area contributed by atoms with E-state index >= 15 is 0 Å². The Kier molecular flexibility index (Phi) is 5.98. The Labute approximate surface area is 180 Å². The van der Waals surface area contributed by atoms with Gasteiger partial charge in [-0.1, -0.05) is 42.0 Å². The Morgan fingerprint density at radius 3 is 2.35 bits per heavy atom. The van der Waals surface area contributed by atoms with Gasteiger partial charge in [0, 0.05) is 35.8 Å². The van der Waals surface area contributed by atoms with Gasteiger partial charge in [0.15, 0.2) is 0 Å². The topological polar surface area (TPSA) is 66.9 Å². The summed E-state index contributed by atoms with van der Waals surface area (Å²) in [6.45, 7) is 2.50. The summed E-state index contributed by atoms with van der Waals surface area (Å²) < 4.78 is 13.4. The van der Waals surface area contributed by atoms with Gasteiger partial charge in [-0.2, -0.15) is 0 Å². The lowest BCUT2D eigenvalue weighted by atomic mass is 10.1. The fourth-order valence-corrected chi connectivity index (χ4v) is 3.15. The minimum Gasteiger partial charge on any atom is -0.348 e. The fraction of sp³-hybridized carbons (Fsp3) is 0.0800. The van der Waals surface area contributed by atoms with Gasteiger partial charge in [0.25, 0.3) is 5.91 Å². The molecular weight excluding hydrogens is 391 g/mol. The van der Waals surface area contributed by atoms with Gasteiger partial charge < -0.3 is 10.6 Å². The van der Waals surface area contributed by atoms with Crippen LogP contribution in [0, 0.1) is 12.7 Å². The minimum atomic E-state index is -0.303.